The van der Waals surface area contributed by atoms with Crippen molar-refractivity contribution in [1.29, 1.82) is 0 Å². The Balaban J connectivity index is 1.30. The molecule has 182 valence electrons. The van der Waals surface area contributed by atoms with Crippen LogP contribution in [0.4, 0.5) is 34.4 Å². The summed E-state index contributed by atoms with van der Waals surface area (Å²) < 4.78 is 0. The molecule has 1 amide bonds. The summed E-state index contributed by atoms with van der Waals surface area (Å²) in [6.45, 7) is 4.44. The molecule has 1 spiro atoms. The van der Waals surface area contributed by atoms with Crippen molar-refractivity contribution in [3.63, 3.8) is 0 Å². The van der Waals surface area contributed by atoms with E-state index in [4.69, 9.17) is 5.73 Å². The van der Waals surface area contributed by atoms with Gasteiger partial charge in [-0.05, 0) is 50.2 Å². The Morgan fingerprint density at radius 1 is 1.00 bits per heavy atom. The third-order valence-electron chi connectivity index (χ3n) is 6.91. The number of pyridine rings is 2. The molecule has 0 saturated carbocycles. The molecular formula is C26H32N8O. The van der Waals surface area contributed by atoms with Crippen LogP contribution in [0.3, 0.4) is 0 Å². The maximum Gasteiger partial charge on any atom is 0.252 e. The largest absolute Gasteiger partial charge is 0.376 e. The van der Waals surface area contributed by atoms with Crippen molar-refractivity contribution < 1.29 is 4.79 Å². The average Bonchev–Trinajstić information content (AvgIpc) is 2.84. The lowest BCUT2D eigenvalue weighted by Gasteiger charge is -2.53. The van der Waals surface area contributed by atoms with Gasteiger partial charge in [-0.3, -0.25) is 4.79 Å². The lowest BCUT2D eigenvalue weighted by molar-refractivity contribution is 0.100. The van der Waals surface area contributed by atoms with E-state index in [2.05, 4.69) is 36.9 Å². The molecule has 9 heteroatoms. The molecule has 0 radical (unpaired) electrons. The van der Waals surface area contributed by atoms with Crippen LogP contribution in [0, 0.1) is 5.41 Å². The lowest BCUT2D eigenvalue weighted by atomic mass is 9.72. The number of hydrogen-bond acceptors (Lipinski definition) is 8. The van der Waals surface area contributed by atoms with Crippen LogP contribution in [-0.4, -0.2) is 56.1 Å². The molecule has 5 N–H and O–H groups in total. The summed E-state index contributed by atoms with van der Waals surface area (Å²) in [4.78, 5) is 25.4. The summed E-state index contributed by atoms with van der Waals surface area (Å²) >= 11 is 0. The third-order valence-corrected chi connectivity index (χ3v) is 6.91. The highest BCUT2D eigenvalue weighted by Crippen LogP contribution is 2.41. The Morgan fingerprint density at radius 3 is 2.43 bits per heavy atom. The monoisotopic (exact) mass is 472 g/mol. The predicted molar refractivity (Wildman–Crippen MR) is 141 cm³/mol. The fourth-order valence-electron chi connectivity index (χ4n) is 4.94. The number of hydrogen-bond donors (Lipinski definition) is 4. The Morgan fingerprint density at radius 2 is 1.74 bits per heavy atom. The van der Waals surface area contributed by atoms with Gasteiger partial charge in [0.05, 0.1) is 34.5 Å². The molecule has 2 saturated heterocycles. The number of benzene rings is 1. The molecule has 5 rings (SSSR count). The van der Waals surface area contributed by atoms with E-state index < -0.39 is 5.91 Å². The molecule has 0 atom stereocenters. The first-order valence-electron chi connectivity index (χ1n) is 11.9. The predicted octanol–water partition coefficient (Wildman–Crippen LogP) is 3.32. The topological polar surface area (TPSA) is 111 Å². The molecule has 0 unspecified atom stereocenters. The van der Waals surface area contributed by atoms with Crippen molar-refractivity contribution in [3.05, 3.63) is 60.4 Å². The fraction of sp³-hybridized carbons (Fsp3) is 0.346. The van der Waals surface area contributed by atoms with Gasteiger partial charge in [-0.1, -0.05) is 12.1 Å². The minimum atomic E-state index is -0.544. The number of amides is 1. The molecular weight excluding hydrogens is 440 g/mol. The van der Waals surface area contributed by atoms with Crippen LogP contribution < -0.4 is 31.5 Å². The highest BCUT2D eigenvalue weighted by Gasteiger charge is 2.43. The van der Waals surface area contributed by atoms with Crippen molar-refractivity contribution in [2.24, 2.45) is 11.1 Å². The molecule has 2 fully saturated rings. The van der Waals surface area contributed by atoms with Gasteiger partial charge < -0.3 is 31.5 Å². The Labute approximate surface area is 205 Å². The highest BCUT2D eigenvalue weighted by atomic mass is 16.1. The maximum atomic E-state index is 12.0. The van der Waals surface area contributed by atoms with E-state index in [1.54, 1.807) is 6.07 Å². The summed E-state index contributed by atoms with van der Waals surface area (Å²) in [5.74, 6) is 0.708. The number of rotatable bonds is 7. The van der Waals surface area contributed by atoms with E-state index >= 15 is 0 Å². The van der Waals surface area contributed by atoms with E-state index in [0.717, 1.165) is 43.2 Å². The average molecular weight is 473 g/mol. The molecule has 35 heavy (non-hydrogen) atoms. The zero-order valence-corrected chi connectivity index (χ0v) is 20.2. The summed E-state index contributed by atoms with van der Waals surface area (Å²) in [7, 11) is 3.94. The van der Waals surface area contributed by atoms with Crippen LogP contribution in [0.5, 0.6) is 0 Å². The standard InChI is InChI=1S/C26H32N8O/c1-33(2)22-6-4-3-5-20(22)31-21-13-24(30-15-19(21)25(27)35)32-23-8-7-18(14-29-23)34-16-26(17-34)9-11-28-12-10-26/h3-8,13-15,28H,9-12,16-17H2,1-2H3,(H2,27,35)(H2,29,30,31,32). The quantitative estimate of drug-likeness (QED) is 0.414. The van der Waals surface area contributed by atoms with Crippen molar-refractivity contribution in [2.75, 3.05) is 60.7 Å². The number of nitrogens with zero attached hydrogens (tertiary/aromatic N) is 4. The van der Waals surface area contributed by atoms with E-state index in [9.17, 15) is 4.79 Å². The van der Waals surface area contributed by atoms with E-state index in [-0.39, 0.29) is 0 Å². The van der Waals surface area contributed by atoms with Gasteiger partial charge in [0, 0.05) is 44.9 Å². The second-order valence-corrected chi connectivity index (χ2v) is 9.65. The Bertz CT molecular complexity index is 1200. The number of piperidine rings is 1. The molecule has 4 heterocycles. The number of carbonyl (C=O) groups is 1. The van der Waals surface area contributed by atoms with Gasteiger partial charge >= 0.3 is 0 Å². The third kappa shape index (κ3) is 4.85. The van der Waals surface area contributed by atoms with Crippen LogP contribution in [0.15, 0.2) is 54.9 Å². The number of nitrogens with two attached hydrogens (primary N) is 1. The SMILES string of the molecule is CN(C)c1ccccc1Nc1cc(Nc2ccc(N3CC4(CCNCC4)C3)cn2)ncc1C(N)=O. The molecule has 0 bridgehead atoms. The van der Waals surface area contributed by atoms with Gasteiger partial charge in [0.1, 0.15) is 11.6 Å². The molecule has 9 nitrogen and oxygen atoms in total. The Hall–Kier alpha value is -3.85. The van der Waals surface area contributed by atoms with Crippen molar-refractivity contribution in [1.82, 2.24) is 15.3 Å². The van der Waals surface area contributed by atoms with Gasteiger partial charge in [0.15, 0.2) is 0 Å². The number of nitrogens with one attached hydrogen (secondary N) is 3. The fourth-order valence-corrected chi connectivity index (χ4v) is 4.94. The molecule has 1 aromatic carbocycles. The van der Waals surface area contributed by atoms with Crippen LogP contribution in [-0.2, 0) is 0 Å². The second-order valence-electron chi connectivity index (χ2n) is 9.65. The first kappa shape index (κ1) is 22.9. The van der Waals surface area contributed by atoms with Crippen LogP contribution in [0.2, 0.25) is 0 Å². The minimum Gasteiger partial charge on any atom is -0.376 e. The summed E-state index contributed by atoms with van der Waals surface area (Å²) in [6, 6.07) is 13.7. The van der Waals surface area contributed by atoms with E-state index in [1.807, 2.05) is 55.5 Å². The zero-order chi connectivity index (χ0) is 24.4. The molecule has 2 aliphatic rings. The van der Waals surface area contributed by atoms with Gasteiger partial charge in [-0.25, -0.2) is 9.97 Å². The number of para-hydroxylation sites is 2. The molecule has 2 aromatic heterocycles. The van der Waals surface area contributed by atoms with Gasteiger partial charge in [0.2, 0.25) is 0 Å². The van der Waals surface area contributed by atoms with Crippen LogP contribution in [0.1, 0.15) is 23.2 Å². The first-order chi connectivity index (χ1) is 16.9. The second kappa shape index (κ2) is 9.42. The van der Waals surface area contributed by atoms with Crippen molar-refractivity contribution >= 4 is 40.3 Å². The smallest absolute Gasteiger partial charge is 0.252 e. The zero-order valence-electron chi connectivity index (χ0n) is 20.2. The van der Waals surface area contributed by atoms with Crippen LogP contribution >= 0.6 is 0 Å². The van der Waals surface area contributed by atoms with E-state index in [0.29, 0.717) is 28.3 Å². The van der Waals surface area contributed by atoms with Gasteiger partial charge in [0.25, 0.3) is 5.91 Å². The van der Waals surface area contributed by atoms with Gasteiger partial charge in [-0.15, -0.1) is 0 Å². The minimum absolute atomic E-state index is 0.317. The first-order valence-corrected chi connectivity index (χ1v) is 11.9. The molecule has 3 aromatic rings. The Kier molecular flexibility index (Phi) is 6.17. The molecule has 2 aliphatic heterocycles. The molecule has 0 aliphatic carbocycles. The number of primary amides is 1. The number of anilines is 6. The summed E-state index contributed by atoms with van der Waals surface area (Å²) in [5.41, 5.74) is 9.97. The van der Waals surface area contributed by atoms with Crippen molar-refractivity contribution in [2.45, 2.75) is 12.8 Å². The normalized spacial score (nSPS) is 16.5. The van der Waals surface area contributed by atoms with E-state index in [1.165, 1.54) is 19.0 Å². The summed E-state index contributed by atoms with van der Waals surface area (Å²) in [5, 5.41) is 10.0. The lowest BCUT2D eigenvalue weighted by Crippen LogP contribution is -2.60. The van der Waals surface area contributed by atoms with Gasteiger partial charge in [-0.2, -0.15) is 0 Å². The highest BCUT2D eigenvalue weighted by molar-refractivity contribution is 6.00. The summed E-state index contributed by atoms with van der Waals surface area (Å²) in [6.07, 6.45) is 5.89. The number of aromatic nitrogens is 2. The van der Waals surface area contributed by atoms with Crippen molar-refractivity contribution in [3.8, 4) is 0 Å². The van der Waals surface area contributed by atoms with Crippen LogP contribution in [0.25, 0.3) is 0 Å². The maximum absolute atomic E-state index is 12.0. The number of carbonyl (C=O) groups excluding carboxylic acids is 1.